The van der Waals surface area contributed by atoms with E-state index < -0.39 is 0 Å². The third-order valence-electron chi connectivity index (χ3n) is 5.83. The van der Waals surface area contributed by atoms with Gasteiger partial charge in [0, 0.05) is 44.1 Å². The zero-order valence-corrected chi connectivity index (χ0v) is 19.4. The summed E-state index contributed by atoms with van der Waals surface area (Å²) in [7, 11) is 1.66. The van der Waals surface area contributed by atoms with Crippen molar-refractivity contribution in [3.63, 3.8) is 0 Å². The van der Waals surface area contributed by atoms with Crippen molar-refractivity contribution in [1.82, 2.24) is 14.9 Å². The van der Waals surface area contributed by atoms with Gasteiger partial charge in [-0.25, -0.2) is 9.97 Å². The first-order valence-corrected chi connectivity index (χ1v) is 10.3. The van der Waals surface area contributed by atoms with Crippen molar-refractivity contribution in [3.8, 4) is 5.75 Å². The second kappa shape index (κ2) is 9.24. The summed E-state index contributed by atoms with van der Waals surface area (Å²) in [6.07, 6.45) is 5.69. The van der Waals surface area contributed by atoms with Crippen LogP contribution in [-0.4, -0.2) is 66.1 Å². The second-order valence-electron chi connectivity index (χ2n) is 8.41. The minimum Gasteiger partial charge on any atom is -0.497 e. The number of halogens is 1. The monoisotopic (exact) mass is 443 g/mol. The van der Waals surface area contributed by atoms with Crippen LogP contribution in [0.5, 0.6) is 5.75 Å². The van der Waals surface area contributed by atoms with Crippen LogP contribution in [0.15, 0.2) is 42.7 Å². The Morgan fingerprint density at radius 2 is 1.81 bits per heavy atom. The molecule has 0 atom stereocenters. The quantitative estimate of drug-likeness (QED) is 0.722. The van der Waals surface area contributed by atoms with Gasteiger partial charge in [-0.05, 0) is 50.6 Å². The summed E-state index contributed by atoms with van der Waals surface area (Å²) in [5.41, 5.74) is 2.77. The topological polar surface area (TPSA) is 61.8 Å². The number of benzene rings is 1. The zero-order valence-electron chi connectivity index (χ0n) is 18.5. The molecule has 8 heteroatoms. The molecule has 1 amide bonds. The van der Waals surface area contributed by atoms with Gasteiger partial charge in [0.15, 0.2) is 0 Å². The van der Waals surface area contributed by atoms with Gasteiger partial charge in [-0.3, -0.25) is 9.69 Å². The molecule has 1 saturated heterocycles. The van der Waals surface area contributed by atoms with Crippen molar-refractivity contribution in [1.29, 1.82) is 0 Å². The highest BCUT2D eigenvalue weighted by atomic mass is 35.5. The van der Waals surface area contributed by atoms with Crippen LogP contribution in [0.25, 0.3) is 5.57 Å². The molecular weight excluding hydrogens is 414 g/mol. The Kier molecular flexibility index (Phi) is 6.86. The molecular formula is C23H30ClN5O2. The molecule has 1 fully saturated rings. The maximum Gasteiger partial charge on any atom is 0.241 e. The highest BCUT2D eigenvalue weighted by Gasteiger charge is 2.36. The van der Waals surface area contributed by atoms with Gasteiger partial charge in [0.25, 0.3) is 0 Å². The van der Waals surface area contributed by atoms with Crippen molar-refractivity contribution in [2.75, 3.05) is 49.6 Å². The molecule has 2 aliphatic heterocycles. The molecule has 1 aromatic carbocycles. The van der Waals surface area contributed by atoms with Crippen LogP contribution in [0.1, 0.15) is 26.3 Å². The summed E-state index contributed by atoms with van der Waals surface area (Å²) in [5, 5.41) is 0. The van der Waals surface area contributed by atoms with Crippen molar-refractivity contribution in [3.05, 3.63) is 48.3 Å². The third-order valence-corrected chi connectivity index (χ3v) is 5.83. The number of fused-ring (bicyclic) bond motifs is 1. The van der Waals surface area contributed by atoms with Gasteiger partial charge in [0.05, 0.1) is 24.9 Å². The van der Waals surface area contributed by atoms with Crippen LogP contribution in [0.2, 0.25) is 0 Å². The largest absolute Gasteiger partial charge is 0.497 e. The molecule has 1 aromatic heterocycles. The summed E-state index contributed by atoms with van der Waals surface area (Å²) >= 11 is 0. The fraction of sp³-hybridized carbons (Fsp3) is 0.435. The first-order valence-electron chi connectivity index (χ1n) is 10.3. The summed E-state index contributed by atoms with van der Waals surface area (Å²) < 4.78 is 5.39. The SMILES string of the molecule is COc1ccc2c(c1)C(C)=CC(C)(C)N2C(=O)CN1CCN(c2ncccn2)CC1.Cl. The molecule has 0 aliphatic carbocycles. The van der Waals surface area contributed by atoms with E-state index in [0.717, 1.165) is 54.7 Å². The summed E-state index contributed by atoms with van der Waals surface area (Å²) in [6.45, 7) is 9.91. The number of carbonyl (C=O) groups is 1. The molecule has 166 valence electrons. The van der Waals surface area contributed by atoms with Crippen molar-refractivity contribution in [2.24, 2.45) is 0 Å². The van der Waals surface area contributed by atoms with Gasteiger partial charge < -0.3 is 14.5 Å². The van der Waals surface area contributed by atoms with Crippen LogP contribution in [0, 0.1) is 0 Å². The first kappa shape index (κ1) is 23.0. The summed E-state index contributed by atoms with van der Waals surface area (Å²) in [5.74, 6) is 1.66. The predicted molar refractivity (Wildman–Crippen MR) is 126 cm³/mol. The lowest BCUT2D eigenvalue weighted by molar-refractivity contribution is -0.120. The van der Waals surface area contributed by atoms with E-state index in [1.165, 1.54) is 0 Å². The molecule has 2 aromatic rings. The standard InChI is InChI=1S/C23H29N5O2.ClH/c1-17-15-23(2,3)28(20-7-6-18(30-4)14-19(17)20)21(29)16-26-10-12-27(13-11-26)22-24-8-5-9-25-22;/h5-9,14-15H,10-13,16H2,1-4H3;1H. The number of hydrogen-bond donors (Lipinski definition) is 0. The van der Waals surface area contributed by atoms with E-state index in [1.54, 1.807) is 19.5 Å². The zero-order chi connectivity index (χ0) is 21.3. The number of anilines is 2. The second-order valence-corrected chi connectivity index (χ2v) is 8.41. The van der Waals surface area contributed by atoms with Gasteiger partial charge >= 0.3 is 0 Å². The molecule has 7 nitrogen and oxygen atoms in total. The first-order chi connectivity index (χ1) is 14.4. The average molecular weight is 444 g/mol. The van der Waals surface area contributed by atoms with E-state index in [-0.39, 0.29) is 23.9 Å². The molecule has 0 N–H and O–H groups in total. The van der Waals surface area contributed by atoms with Crippen LogP contribution < -0.4 is 14.5 Å². The molecule has 3 heterocycles. The molecule has 2 aliphatic rings. The number of methoxy groups -OCH3 is 1. The van der Waals surface area contributed by atoms with E-state index in [9.17, 15) is 4.79 Å². The smallest absolute Gasteiger partial charge is 0.241 e. The number of aromatic nitrogens is 2. The number of allylic oxidation sites excluding steroid dienone is 1. The van der Waals surface area contributed by atoms with Crippen LogP contribution >= 0.6 is 12.4 Å². The Bertz CT molecular complexity index is 956. The lowest BCUT2D eigenvalue weighted by Gasteiger charge is -2.43. The number of nitrogens with zero attached hydrogens (tertiary/aromatic N) is 5. The number of piperazine rings is 1. The Morgan fingerprint density at radius 3 is 2.45 bits per heavy atom. The number of rotatable bonds is 4. The molecule has 0 bridgehead atoms. The van der Waals surface area contributed by atoms with E-state index in [2.05, 4.69) is 46.6 Å². The Morgan fingerprint density at radius 1 is 1.13 bits per heavy atom. The van der Waals surface area contributed by atoms with E-state index in [0.29, 0.717) is 6.54 Å². The third kappa shape index (κ3) is 4.67. The minimum absolute atomic E-state index is 0. The highest BCUT2D eigenvalue weighted by molar-refractivity contribution is 6.01. The van der Waals surface area contributed by atoms with Crippen molar-refractivity contribution < 1.29 is 9.53 Å². The Balaban J connectivity index is 0.00000272. The van der Waals surface area contributed by atoms with Gasteiger partial charge in [0.1, 0.15) is 5.75 Å². The number of hydrogen-bond acceptors (Lipinski definition) is 6. The van der Waals surface area contributed by atoms with Crippen molar-refractivity contribution >= 4 is 35.5 Å². The van der Waals surface area contributed by atoms with E-state index >= 15 is 0 Å². The summed E-state index contributed by atoms with van der Waals surface area (Å²) in [6, 6.07) is 7.75. The molecule has 31 heavy (non-hydrogen) atoms. The van der Waals surface area contributed by atoms with Gasteiger partial charge in [0.2, 0.25) is 11.9 Å². The molecule has 0 saturated carbocycles. The van der Waals surface area contributed by atoms with E-state index in [4.69, 9.17) is 4.74 Å². The minimum atomic E-state index is -0.386. The van der Waals surface area contributed by atoms with Gasteiger partial charge in [-0.1, -0.05) is 6.08 Å². The fourth-order valence-electron chi connectivity index (χ4n) is 4.41. The molecule has 4 rings (SSSR count). The van der Waals surface area contributed by atoms with Gasteiger partial charge in [-0.15, -0.1) is 12.4 Å². The lowest BCUT2D eigenvalue weighted by atomic mass is 9.88. The summed E-state index contributed by atoms with van der Waals surface area (Å²) in [4.78, 5) is 28.4. The number of ether oxygens (including phenoxy) is 1. The molecule has 0 radical (unpaired) electrons. The number of amides is 1. The van der Waals surface area contributed by atoms with Crippen molar-refractivity contribution in [2.45, 2.75) is 26.3 Å². The Labute approximate surface area is 190 Å². The highest BCUT2D eigenvalue weighted by Crippen LogP contribution is 2.40. The maximum absolute atomic E-state index is 13.4. The van der Waals surface area contributed by atoms with Crippen LogP contribution in [-0.2, 0) is 4.79 Å². The molecule has 0 spiro atoms. The predicted octanol–water partition coefficient (Wildman–Crippen LogP) is 3.26. The van der Waals surface area contributed by atoms with Crippen LogP contribution in [0.4, 0.5) is 11.6 Å². The maximum atomic E-state index is 13.4. The Hall–Kier alpha value is -2.64. The van der Waals surface area contributed by atoms with Crippen LogP contribution in [0.3, 0.4) is 0 Å². The fourth-order valence-corrected chi connectivity index (χ4v) is 4.41. The normalized spacial score (nSPS) is 18.0. The molecule has 0 unspecified atom stereocenters. The lowest BCUT2D eigenvalue weighted by Crippen LogP contribution is -2.55. The average Bonchev–Trinajstić information content (AvgIpc) is 2.74. The number of carbonyl (C=O) groups excluding carboxylic acids is 1. The van der Waals surface area contributed by atoms with Gasteiger partial charge in [-0.2, -0.15) is 0 Å². The van der Waals surface area contributed by atoms with E-state index in [1.807, 2.05) is 29.2 Å².